The molecule has 3 fully saturated rings. The Balaban J connectivity index is 1.45. The number of carbonyl (C=O) groups excluding carboxylic acids is 2. The van der Waals surface area contributed by atoms with Crippen LogP contribution in [0.1, 0.15) is 12.0 Å². The van der Waals surface area contributed by atoms with Gasteiger partial charge in [-0.3, -0.25) is 19.9 Å². The molecule has 0 spiro atoms. The Morgan fingerprint density at radius 1 is 1.09 bits per heavy atom. The summed E-state index contributed by atoms with van der Waals surface area (Å²) in [5, 5.41) is 3.56. The maximum Gasteiger partial charge on any atom is 0.328 e. The Labute approximate surface area is 189 Å². The predicted molar refractivity (Wildman–Crippen MR) is 115 cm³/mol. The molecule has 10 heteroatoms. The minimum absolute atomic E-state index is 0.108. The molecule has 3 amide bonds. The third kappa shape index (κ3) is 3.32. The Morgan fingerprint density at radius 3 is 2.56 bits per heavy atom. The Hall–Kier alpha value is -2.75. The standard InChI is InChI=1S/C22H22ClF2N5O2/c1-27-19-18(20(31)30(22(27)32)12-15-16(23)4-2-5-17(15)25)29-11-3-10-28(21(29)26-19)14-8-6-13(24)7-9-14/h2,4-9,18-19,21,26H,3,10-12H2,1H3. The smallest absolute Gasteiger partial charge is 0.328 e. The van der Waals surface area contributed by atoms with E-state index in [1.165, 1.54) is 35.2 Å². The molecule has 1 N–H and O–H groups in total. The highest BCUT2D eigenvalue weighted by atomic mass is 35.5. The molecule has 3 saturated heterocycles. The summed E-state index contributed by atoms with van der Waals surface area (Å²) in [4.78, 5) is 33.2. The van der Waals surface area contributed by atoms with Crippen LogP contribution in [0.2, 0.25) is 5.02 Å². The summed E-state index contributed by atoms with van der Waals surface area (Å²) in [5.41, 5.74) is 0.931. The van der Waals surface area contributed by atoms with Gasteiger partial charge in [-0.1, -0.05) is 17.7 Å². The van der Waals surface area contributed by atoms with Crippen molar-refractivity contribution in [2.24, 2.45) is 0 Å². The van der Waals surface area contributed by atoms with Crippen LogP contribution in [0.5, 0.6) is 0 Å². The third-order valence-electron chi connectivity index (χ3n) is 6.41. The SMILES string of the molecule is CN1C(=O)N(Cc2c(F)cccc2Cl)C(=O)C2C1NC1N(c3ccc(F)cc3)CCCN21. The number of fused-ring (bicyclic) bond motifs is 3. The van der Waals surface area contributed by atoms with Crippen molar-refractivity contribution in [3.63, 3.8) is 0 Å². The van der Waals surface area contributed by atoms with Gasteiger partial charge in [0.25, 0.3) is 5.91 Å². The summed E-state index contributed by atoms with van der Waals surface area (Å²) in [6, 6.07) is 9.32. The number of benzene rings is 2. The van der Waals surface area contributed by atoms with Gasteiger partial charge in [0.2, 0.25) is 0 Å². The van der Waals surface area contributed by atoms with Crippen LogP contribution in [0, 0.1) is 11.6 Å². The number of urea groups is 1. The van der Waals surface area contributed by atoms with Crippen LogP contribution in [0.4, 0.5) is 19.3 Å². The molecular formula is C22H22ClF2N5O2. The normalized spacial score (nSPS) is 25.9. The number of nitrogens with one attached hydrogen (secondary N) is 1. The molecule has 3 atom stereocenters. The van der Waals surface area contributed by atoms with Gasteiger partial charge in [0, 0.05) is 36.4 Å². The molecule has 3 unspecified atom stereocenters. The van der Waals surface area contributed by atoms with E-state index in [0.29, 0.717) is 6.54 Å². The van der Waals surface area contributed by atoms with Crippen LogP contribution >= 0.6 is 11.6 Å². The van der Waals surface area contributed by atoms with E-state index in [9.17, 15) is 18.4 Å². The molecule has 3 aliphatic rings. The lowest BCUT2D eigenvalue weighted by Gasteiger charge is -2.44. The highest BCUT2D eigenvalue weighted by Gasteiger charge is 2.56. The van der Waals surface area contributed by atoms with Gasteiger partial charge in [-0.25, -0.2) is 13.6 Å². The van der Waals surface area contributed by atoms with Gasteiger partial charge in [-0.2, -0.15) is 0 Å². The minimum atomic E-state index is -0.628. The number of amides is 3. The van der Waals surface area contributed by atoms with E-state index in [0.717, 1.165) is 23.6 Å². The number of likely N-dealkylation sites (N-methyl/N-ethyl adjacent to an activating group) is 1. The van der Waals surface area contributed by atoms with Crippen molar-refractivity contribution >= 4 is 29.2 Å². The van der Waals surface area contributed by atoms with E-state index in [1.54, 1.807) is 19.2 Å². The second-order valence-corrected chi connectivity index (χ2v) is 8.62. The fraction of sp³-hybridized carbons (Fsp3) is 0.364. The highest BCUT2D eigenvalue weighted by molar-refractivity contribution is 6.31. The summed E-state index contributed by atoms with van der Waals surface area (Å²) in [6.45, 7) is 1.13. The van der Waals surface area contributed by atoms with Gasteiger partial charge in [0.1, 0.15) is 30.1 Å². The zero-order chi connectivity index (χ0) is 22.6. The van der Waals surface area contributed by atoms with Crippen molar-refractivity contribution < 1.29 is 18.4 Å². The Morgan fingerprint density at radius 2 is 1.84 bits per heavy atom. The van der Waals surface area contributed by atoms with Crippen LogP contribution in [0.15, 0.2) is 42.5 Å². The number of rotatable bonds is 3. The number of anilines is 1. The molecule has 2 aromatic carbocycles. The van der Waals surface area contributed by atoms with Gasteiger partial charge in [-0.15, -0.1) is 0 Å². The van der Waals surface area contributed by atoms with E-state index in [4.69, 9.17) is 11.6 Å². The monoisotopic (exact) mass is 461 g/mol. The quantitative estimate of drug-likeness (QED) is 0.761. The molecule has 0 aromatic heterocycles. The van der Waals surface area contributed by atoms with Gasteiger partial charge < -0.3 is 9.80 Å². The summed E-state index contributed by atoms with van der Waals surface area (Å²) in [6.07, 6.45) is -0.0723. The van der Waals surface area contributed by atoms with Crippen molar-refractivity contribution in [2.45, 2.75) is 31.5 Å². The van der Waals surface area contributed by atoms with Gasteiger partial charge in [-0.05, 0) is 42.8 Å². The van der Waals surface area contributed by atoms with Crippen LogP contribution in [-0.2, 0) is 11.3 Å². The lowest BCUT2D eigenvalue weighted by Crippen LogP contribution is -2.66. The van der Waals surface area contributed by atoms with Gasteiger partial charge in [0.15, 0.2) is 0 Å². The first-order valence-electron chi connectivity index (χ1n) is 10.4. The number of imide groups is 1. The number of hydrogen-bond donors (Lipinski definition) is 1. The lowest BCUT2D eigenvalue weighted by molar-refractivity contribution is -0.139. The maximum absolute atomic E-state index is 14.4. The molecular weight excluding hydrogens is 440 g/mol. The van der Waals surface area contributed by atoms with E-state index >= 15 is 0 Å². The zero-order valence-electron chi connectivity index (χ0n) is 17.3. The summed E-state index contributed by atoms with van der Waals surface area (Å²) in [7, 11) is 1.62. The van der Waals surface area contributed by atoms with Gasteiger partial charge >= 0.3 is 6.03 Å². The first-order chi connectivity index (χ1) is 15.4. The van der Waals surface area contributed by atoms with E-state index in [2.05, 4.69) is 10.2 Å². The van der Waals surface area contributed by atoms with Crippen LogP contribution in [0.25, 0.3) is 0 Å². The van der Waals surface area contributed by atoms with Crippen molar-refractivity contribution in [2.75, 3.05) is 25.0 Å². The second kappa shape index (κ2) is 7.99. The maximum atomic E-state index is 14.4. The molecule has 3 heterocycles. The van der Waals surface area contributed by atoms with Gasteiger partial charge in [0.05, 0.1) is 6.54 Å². The average Bonchev–Trinajstić information content (AvgIpc) is 3.17. The third-order valence-corrected chi connectivity index (χ3v) is 6.76. The molecule has 32 heavy (non-hydrogen) atoms. The lowest BCUT2D eigenvalue weighted by atomic mass is 10.1. The number of carbonyl (C=O) groups is 2. The molecule has 3 aliphatic heterocycles. The molecule has 2 aromatic rings. The molecule has 0 aliphatic carbocycles. The molecule has 0 bridgehead atoms. The largest absolute Gasteiger partial charge is 0.343 e. The first-order valence-corrected chi connectivity index (χ1v) is 10.8. The summed E-state index contributed by atoms with van der Waals surface area (Å²) >= 11 is 6.14. The van der Waals surface area contributed by atoms with Crippen molar-refractivity contribution in [3.05, 3.63) is 64.7 Å². The van der Waals surface area contributed by atoms with Crippen LogP contribution < -0.4 is 10.2 Å². The van der Waals surface area contributed by atoms with Crippen LogP contribution in [-0.4, -0.2) is 65.3 Å². The van der Waals surface area contributed by atoms with Crippen molar-refractivity contribution in [3.8, 4) is 0 Å². The van der Waals surface area contributed by atoms with Crippen molar-refractivity contribution in [1.82, 2.24) is 20.0 Å². The van der Waals surface area contributed by atoms with Crippen molar-refractivity contribution in [1.29, 1.82) is 0 Å². The summed E-state index contributed by atoms with van der Waals surface area (Å²) < 4.78 is 27.8. The fourth-order valence-corrected chi connectivity index (χ4v) is 5.03. The van der Waals surface area contributed by atoms with E-state index in [1.807, 2.05) is 4.90 Å². The molecule has 5 rings (SSSR count). The Bertz CT molecular complexity index is 1050. The first kappa shape index (κ1) is 21.1. The van der Waals surface area contributed by atoms with Crippen LogP contribution in [0.3, 0.4) is 0 Å². The molecule has 0 saturated carbocycles. The average molecular weight is 462 g/mol. The number of nitrogens with zero attached hydrogens (tertiary/aromatic N) is 4. The molecule has 0 radical (unpaired) electrons. The predicted octanol–water partition coefficient (Wildman–Crippen LogP) is 2.81. The second-order valence-electron chi connectivity index (χ2n) is 8.21. The molecule has 168 valence electrons. The zero-order valence-corrected chi connectivity index (χ0v) is 18.1. The number of halogens is 3. The topological polar surface area (TPSA) is 59.1 Å². The minimum Gasteiger partial charge on any atom is -0.343 e. The van der Waals surface area contributed by atoms with E-state index < -0.39 is 30.0 Å². The number of hydrogen-bond acceptors (Lipinski definition) is 5. The highest BCUT2D eigenvalue weighted by Crippen LogP contribution is 2.34. The fourth-order valence-electron chi connectivity index (χ4n) is 4.80. The van der Waals surface area contributed by atoms with E-state index in [-0.39, 0.29) is 29.2 Å². The Kier molecular flexibility index (Phi) is 5.27. The summed E-state index contributed by atoms with van der Waals surface area (Å²) in [5.74, 6) is -1.28. The molecule has 7 nitrogen and oxygen atoms in total.